The highest BCUT2D eigenvalue weighted by Crippen LogP contribution is 2.31. The van der Waals surface area contributed by atoms with Gasteiger partial charge in [-0.1, -0.05) is 30.0 Å². The zero-order valence-electron chi connectivity index (χ0n) is 16.8. The maximum Gasteiger partial charge on any atom is 0.308 e. The number of nitrogens with zero attached hydrogens (tertiary/aromatic N) is 3. The monoisotopic (exact) mass is 413 g/mol. The van der Waals surface area contributed by atoms with E-state index in [9.17, 15) is 9.59 Å². The van der Waals surface area contributed by atoms with Crippen molar-refractivity contribution in [1.82, 2.24) is 14.5 Å². The Balaban J connectivity index is 1.44. The van der Waals surface area contributed by atoms with Gasteiger partial charge in [-0.3, -0.25) is 14.2 Å². The number of ether oxygens (including phenoxy) is 1. The fraction of sp³-hybridized carbons (Fsp3) is 0.500. The number of esters is 1. The van der Waals surface area contributed by atoms with Crippen molar-refractivity contribution in [3.8, 4) is 5.69 Å². The molecule has 1 fully saturated rings. The highest BCUT2D eigenvalue weighted by molar-refractivity contribution is 7.99. The SMILES string of the molecule is COC(=O)C1CCN(C(=O)CSc2nc3c(n2-c2ccccc2)CCCC3)CC1. The van der Waals surface area contributed by atoms with Gasteiger partial charge in [0.2, 0.25) is 5.91 Å². The molecule has 0 N–H and O–H groups in total. The molecule has 0 bridgehead atoms. The molecule has 0 saturated carbocycles. The number of piperidine rings is 1. The normalized spacial score (nSPS) is 17.1. The number of aryl methyl sites for hydroxylation is 1. The summed E-state index contributed by atoms with van der Waals surface area (Å²) in [6.45, 7) is 1.23. The summed E-state index contributed by atoms with van der Waals surface area (Å²) in [5.41, 5.74) is 3.57. The van der Waals surface area contributed by atoms with Gasteiger partial charge in [0.05, 0.1) is 24.5 Å². The topological polar surface area (TPSA) is 64.4 Å². The molecule has 1 aromatic carbocycles. The van der Waals surface area contributed by atoms with Crippen LogP contribution in [0.3, 0.4) is 0 Å². The smallest absolute Gasteiger partial charge is 0.308 e. The van der Waals surface area contributed by atoms with E-state index >= 15 is 0 Å². The average molecular weight is 414 g/mol. The van der Waals surface area contributed by atoms with Crippen LogP contribution in [0.15, 0.2) is 35.5 Å². The first-order valence-corrected chi connectivity index (χ1v) is 11.3. The van der Waals surface area contributed by atoms with Crippen molar-refractivity contribution in [2.45, 2.75) is 43.7 Å². The number of hydrogen-bond donors (Lipinski definition) is 0. The zero-order valence-corrected chi connectivity index (χ0v) is 17.6. The summed E-state index contributed by atoms with van der Waals surface area (Å²) in [4.78, 5) is 31.2. The van der Waals surface area contributed by atoms with Gasteiger partial charge < -0.3 is 9.64 Å². The number of para-hydroxylation sites is 1. The van der Waals surface area contributed by atoms with Crippen LogP contribution < -0.4 is 0 Å². The third kappa shape index (κ3) is 4.34. The second-order valence-corrected chi connectivity index (χ2v) is 8.58. The molecule has 6 nitrogen and oxygen atoms in total. The molecule has 1 saturated heterocycles. The number of methoxy groups -OCH3 is 1. The maximum atomic E-state index is 12.8. The molecule has 1 amide bonds. The van der Waals surface area contributed by atoms with E-state index in [1.165, 1.54) is 43.1 Å². The van der Waals surface area contributed by atoms with Crippen molar-refractivity contribution in [3.63, 3.8) is 0 Å². The van der Waals surface area contributed by atoms with E-state index < -0.39 is 0 Å². The quantitative estimate of drug-likeness (QED) is 0.556. The number of hydrogen-bond acceptors (Lipinski definition) is 5. The first-order chi connectivity index (χ1) is 14.2. The molecule has 154 valence electrons. The Morgan fingerprint density at radius 2 is 1.86 bits per heavy atom. The standard InChI is InChI=1S/C22H27N3O3S/c1-28-21(27)16-11-13-24(14-12-16)20(26)15-29-22-23-18-9-5-6-10-19(18)25(22)17-7-3-2-4-8-17/h2-4,7-8,16H,5-6,9-15H2,1H3. The average Bonchev–Trinajstić information content (AvgIpc) is 3.16. The third-order valence-electron chi connectivity index (χ3n) is 5.82. The number of thioether (sulfide) groups is 1. The summed E-state index contributed by atoms with van der Waals surface area (Å²) in [5.74, 6) is 0.229. The second kappa shape index (κ2) is 9.03. The Hall–Kier alpha value is -2.28. The zero-order chi connectivity index (χ0) is 20.2. The number of aromatic nitrogens is 2. The molecule has 1 aromatic heterocycles. The molecular weight excluding hydrogens is 386 g/mol. The summed E-state index contributed by atoms with van der Waals surface area (Å²) in [7, 11) is 1.42. The Morgan fingerprint density at radius 3 is 2.59 bits per heavy atom. The molecule has 7 heteroatoms. The minimum absolute atomic E-state index is 0.0830. The summed E-state index contributed by atoms with van der Waals surface area (Å²) in [6.07, 6.45) is 5.76. The summed E-state index contributed by atoms with van der Waals surface area (Å²) >= 11 is 1.52. The number of benzene rings is 1. The first kappa shape index (κ1) is 20.0. The van der Waals surface area contributed by atoms with Crippen LogP contribution in [0.25, 0.3) is 5.69 Å². The van der Waals surface area contributed by atoms with Gasteiger partial charge in [-0.2, -0.15) is 0 Å². The van der Waals surface area contributed by atoms with Crippen molar-refractivity contribution in [2.24, 2.45) is 5.92 Å². The van der Waals surface area contributed by atoms with Gasteiger partial charge in [-0.15, -0.1) is 0 Å². The van der Waals surface area contributed by atoms with Crippen molar-refractivity contribution >= 4 is 23.6 Å². The minimum atomic E-state index is -0.165. The van der Waals surface area contributed by atoms with Gasteiger partial charge in [0.1, 0.15) is 0 Å². The van der Waals surface area contributed by atoms with Crippen molar-refractivity contribution < 1.29 is 14.3 Å². The van der Waals surface area contributed by atoms with Crippen molar-refractivity contribution in [1.29, 1.82) is 0 Å². The molecular formula is C22H27N3O3S. The number of carbonyl (C=O) groups is 2. The molecule has 0 unspecified atom stereocenters. The molecule has 1 aliphatic carbocycles. The molecule has 0 radical (unpaired) electrons. The molecule has 1 aliphatic heterocycles. The first-order valence-electron chi connectivity index (χ1n) is 10.3. The van der Waals surface area contributed by atoms with Crippen LogP contribution in [-0.4, -0.2) is 52.3 Å². The molecule has 0 spiro atoms. The predicted octanol–water partition coefficient (Wildman–Crippen LogP) is 3.25. The van der Waals surface area contributed by atoms with E-state index in [4.69, 9.17) is 9.72 Å². The van der Waals surface area contributed by atoms with E-state index in [1.54, 1.807) is 0 Å². The minimum Gasteiger partial charge on any atom is -0.469 e. The number of amides is 1. The Bertz CT molecular complexity index is 873. The van der Waals surface area contributed by atoms with Gasteiger partial charge in [-0.05, 0) is 50.7 Å². The summed E-state index contributed by atoms with van der Waals surface area (Å²) in [5, 5.41) is 0.904. The van der Waals surface area contributed by atoms with Crippen LogP contribution in [0, 0.1) is 5.92 Å². The Morgan fingerprint density at radius 1 is 1.14 bits per heavy atom. The molecule has 0 atom stereocenters. The largest absolute Gasteiger partial charge is 0.469 e. The Kier molecular flexibility index (Phi) is 6.23. The lowest BCUT2D eigenvalue weighted by Gasteiger charge is -2.30. The maximum absolute atomic E-state index is 12.8. The number of imidazole rings is 1. The third-order valence-corrected chi connectivity index (χ3v) is 6.75. The number of likely N-dealkylation sites (tertiary alicyclic amines) is 1. The molecule has 2 aromatic rings. The fourth-order valence-corrected chi connectivity index (χ4v) is 5.16. The number of rotatable bonds is 5. The van der Waals surface area contributed by atoms with Crippen LogP contribution in [0.4, 0.5) is 0 Å². The highest BCUT2D eigenvalue weighted by atomic mass is 32.2. The van der Waals surface area contributed by atoms with E-state index in [0.717, 1.165) is 23.7 Å². The molecule has 29 heavy (non-hydrogen) atoms. The van der Waals surface area contributed by atoms with E-state index in [1.807, 2.05) is 23.1 Å². The van der Waals surface area contributed by atoms with E-state index in [-0.39, 0.29) is 17.8 Å². The van der Waals surface area contributed by atoms with Crippen molar-refractivity contribution in [2.75, 3.05) is 26.0 Å². The van der Waals surface area contributed by atoms with Gasteiger partial charge in [0, 0.05) is 24.5 Å². The lowest BCUT2D eigenvalue weighted by molar-refractivity contribution is -0.148. The van der Waals surface area contributed by atoms with Crippen LogP contribution >= 0.6 is 11.8 Å². The number of fused-ring (bicyclic) bond motifs is 1. The lowest BCUT2D eigenvalue weighted by atomic mass is 9.97. The molecule has 2 heterocycles. The summed E-state index contributed by atoms with van der Waals surface area (Å²) < 4.78 is 7.06. The van der Waals surface area contributed by atoms with Crippen LogP contribution in [0.5, 0.6) is 0 Å². The van der Waals surface area contributed by atoms with Crippen molar-refractivity contribution in [3.05, 3.63) is 41.7 Å². The lowest BCUT2D eigenvalue weighted by Crippen LogP contribution is -2.41. The van der Waals surface area contributed by atoms with Crippen LogP contribution in [-0.2, 0) is 27.2 Å². The molecule has 2 aliphatic rings. The van der Waals surface area contributed by atoms with Gasteiger partial charge >= 0.3 is 5.97 Å². The Labute approximate surface area is 175 Å². The van der Waals surface area contributed by atoms with Crippen LogP contribution in [0.1, 0.15) is 37.1 Å². The van der Waals surface area contributed by atoms with Crippen LogP contribution in [0.2, 0.25) is 0 Å². The van der Waals surface area contributed by atoms with E-state index in [0.29, 0.717) is 31.7 Å². The fourth-order valence-electron chi connectivity index (χ4n) is 4.20. The van der Waals surface area contributed by atoms with Gasteiger partial charge in [0.15, 0.2) is 5.16 Å². The van der Waals surface area contributed by atoms with Gasteiger partial charge in [0.25, 0.3) is 0 Å². The van der Waals surface area contributed by atoms with E-state index in [2.05, 4.69) is 16.7 Å². The number of carbonyl (C=O) groups excluding carboxylic acids is 2. The second-order valence-electron chi connectivity index (χ2n) is 7.63. The highest BCUT2D eigenvalue weighted by Gasteiger charge is 2.28. The predicted molar refractivity (Wildman–Crippen MR) is 112 cm³/mol. The summed E-state index contributed by atoms with van der Waals surface area (Å²) in [6, 6.07) is 10.3. The molecule has 4 rings (SSSR count). The van der Waals surface area contributed by atoms with Gasteiger partial charge in [-0.25, -0.2) is 4.98 Å².